The number of fused-ring (bicyclic) bond motifs is 2. The molecule has 0 amide bonds. The van der Waals surface area contributed by atoms with E-state index >= 15 is 0 Å². The molecule has 2 aliphatic carbocycles. The molecule has 2 nitrogen and oxygen atoms in total. The molecule has 1 aliphatic heterocycles. The minimum absolute atomic E-state index is 0.202. The minimum atomic E-state index is 0.202. The number of ether oxygens (including phenoxy) is 1. The van der Waals surface area contributed by atoms with Gasteiger partial charge < -0.3 is 10.1 Å². The van der Waals surface area contributed by atoms with Crippen molar-refractivity contribution in [3.05, 3.63) is 48.2 Å². The van der Waals surface area contributed by atoms with Gasteiger partial charge in [-0.3, -0.25) is 0 Å². The summed E-state index contributed by atoms with van der Waals surface area (Å²) >= 11 is 0. The van der Waals surface area contributed by atoms with Crippen LogP contribution in [0.4, 0.5) is 0 Å². The molecule has 0 aromatic rings. The van der Waals surface area contributed by atoms with Gasteiger partial charge in [-0.05, 0) is 12.5 Å². The molecule has 3 atom stereocenters. The highest BCUT2D eigenvalue weighted by molar-refractivity contribution is 5.29. The van der Waals surface area contributed by atoms with Crippen LogP contribution in [0, 0.1) is 0 Å². The number of allylic oxidation sites excluding steroid dienone is 4. The second kappa shape index (κ2) is 3.14. The summed E-state index contributed by atoms with van der Waals surface area (Å²) in [6.45, 7) is 0. The highest BCUT2D eigenvalue weighted by Crippen LogP contribution is 2.25. The van der Waals surface area contributed by atoms with Gasteiger partial charge in [0.1, 0.15) is 12.2 Å². The van der Waals surface area contributed by atoms with Crippen LogP contribution in [-0.2, 0) is 4.74 Å². The van der Waals surface area contributed by atoms with Crippen LogP contribution in [0.3, 0.4) is 0 Å². The topological polar surface area (TPSA) is 21.3 Å². The van der Waals surface area contributed by atoms with Gasteiger partial charge in [-0.15, -0.1) is 0 Å². The third kappa shape index (κ3) is 1.23. The normalized spacial score (nSPS) is 38.3. The summed E-state index contributed by atoms with van der Waals surface area (Å²) in [5.74, 6) is 0. The predicted molar refractivity (Wildman–Crippen MR) is 55.7 cm³/mol. The van der Waals surface area contributed by atoms with Gasteiger partial charge in [0.2, 0.25) is 0 Å². The molecule has 3 rings (SSSR count). The third-order valence-corrected chi connectivity index (χ3v) is 2.85. The van der Waals surface area contributed by atoms with Crippen LogP contribution in [-0.4, -0.2) is 18.2 Å². The van der Waals surface area contributed by atoms with E-state index in [9.17, 15) is 0 Å². The van der Waals surface area contributed by atoms with Crippen LogP contribution >= 0.6 is 0 Å². The summed E-state index contributed by atoms with van der Waals surface area (Å²) in [5, 5.41) is 3.50. The molecular formula is C12H13NO. The van der Waals surface area contributed by atoms with Crippen molar-refractivity contribution < 1.29 is 4.74 Å². The fraction of sp³-hybridized carbons (Fsp3) is 0.333. The van der Waals surface area contributed by atoms with E-state index in [1.165, 1.54) is 5.70 Å². The van der Waals surface area contributed by atoms with Gasteiger partial charge in [0, 0.05) is 5.70 Å². The van der Waals surface area contributed by atoms with Crippen molar-refractivity contribution in [2.45, 2.75) is 24.7 Å². The molecule has 1 saturated heterocycles. The zero-order valence-corrected chi connectivity index (χ0v) is 7.89. The van der Waals surface area contributed by atoms with Gasteiger partial charge in [0.05, 0.1) is 6.04 Å². The van der Waals surface area contributed by atoms with Crippen molar-refractivity contribution in [2.75, 3.05) is 0 Å². The number of nitrogens with one attached hydrogen (secondary N) is 1. The van der Waals surface area contributed by atoms with Crippen molar-refractivity contribution in [1.29, 1.82) is 0 Å². The van der Waals surface area contributed by atoms with E-state index in [-0.39, 0.29) is 12.2 Å². The maximum atomic E-state index is 5.97. The van der Waals surface area contributed by atoms with E-state index in [1.54, 1.807) is 0 Å². The van der Waals surface area contributed by atoms with Crippen LogP contribution in [0.5, 0.6) is 0 Å². The van der Waals surface area contributed by atoms with Crippen molar-refractivity contribution in [2.24, 2.45) is 0 Å². The molecule has 2 heteroatoms. The maximum Gasteiger partial charge on any atom is 0.101 e. The van der Waals surface area contributed by atoms with Gasteiger partial charge in [0.15, 0.2) is 0 Å². The third-order valence-electron chi connectivity index (χ3n) is 2.85. The molecule has 0 saturated carbocycles. The van der Waals surface area contributed by atoms with E-state index in [4.69, 9.17) is 4.74 Å². The maximum absolute atomic E-state index is 5.97. The lowest BCUT2D eigenvalue weighted by molar-refractivity contribution is -0.00479. The van der Waals surface area contributed by atoms with Gasteiger partial charge >= 0.3 is 0 Å². The van der Waals surface area contributed by atoms with E-state index in [2.05, 4.69) is 47.8 Å². The Labute approximate surface area is 83.6 Å². The van der Waals surface area contributed by atoms with Crippen LogP contribution in [0.1, 0.15) is 6.42 Å². The zero-order chi connectivity index (χ0) is 9.38. The van der Waals surface area contributed by atoms with E-state index in [0.717, 1.165) is 6.42 Å². The first kappa shape index (κ1) is 8.06. The van der Waals surface area contributed by atoms with E-state index in [0.29, 0.717) is 6.04 Å². The first-order chi connectivity index (χ1) is 6.93. The molecule has 3 aliphatic rings. The lowest BCUT2D eigenvalue weighted by Gasteiger charge is -2.38. The highest BCUT2D eigenvalue weighted by atomic mass is 16.5. The van der Waals surface area contributed by atoms with Crippen LogP contribution in [0.25, 0.3) is 0 Å². The number of morpholine rings is 1. The van der Waals surface area contributed by atoms with E-state index < -0.39 is 0 Å². The molecule has 1 fully saturated rings. The molecule has 0 aromatic heterocycles. The van der Waals surface area contributed by atoms with Gasteiger partial charge in [-0.25, -0.2) is 0 Å². The molecule has 1 N–H and O–H groups in total. The largest absolute Gasteiger partial charge is 0.377 e. The number of hydrogen-bond acceptors (Lipinski definition) is 2. The Morgan fingerprint density at radius 1 is 1.21 bits per heavy atom. The second-order valence-electron chi connectivity index (χ2n) is 3.82. The fourth-order valence-electron chi connectivity index (χ4n) is 2.11. The van der Waals surface area contributed by atoms with Crippen molar-refractivity contribution >= 4 is 0 Å². The van der Waals surface area contributed by atoms with Gasteiger partial charge in [-0.1, -0.05) is 36.5 Å². The van der Waals surface area contributed by atoms with Gasteiger partial charge in [-0.2, -0.15) is 0 Å². The summed E-state index contributed by atoms with van der Waals surface area (Å²) in [7, 11) is 0. The minimum Gasteiger partial charge on any atom is -0.377 e. The standard InChI is InChI=1S/C12H13NO/c1-3-7-11-9(5-1)13-10-6-2-4-8-12(10)14-11/h1-7,9,11-13H,8H2. The number of rotatable bonds is 0. The Morgan fingerprint density at radius 3 is 3.14 bits per heavy atom. The molecule has 72 valence electrons. The highest BCUT2D eigenvalue weighted by Gasteiger charge is 2.31. The van der Waals surface area contributed by atoms with E-state index in [1.807, 2.05) is 0 Å². The van der Waals surface area contributed by atoms with Crippen LogP contribution < -0.4 is 5.32 Å². The van der Waals surface area contributed by atoms with Crippen molar-refractivity contribution in [3.63, 3.8) is 0 Å². The first-order valence-electron chi connectivity index (χ1n) is 5.07. The summed E-state index contributed by atoms with van der Waals surface area (Å²) in [5.41, 5.74) is 1.22. The molecule has 0 spiro atoms. The quantitative estimate of drug-likeness (QED) is 0.623. The summed E-state index contributed by atoms with van der Waals surface area (Å²) in [4.78, 5) is 0. The average molecular weight is 187 g/mol. The zero-order valence-electron chi connectivity index (χ0n) is 7.89. The smallest absolute Gasteiger partial charge is 0.101 e. The number of hydrogen-bond donors (Lipinski definition) is 1. The van der Waals surface area contributed by atoms with Crippen LogP contribution in [0.2, 0.25) is 0 Å². The molecule has 0 radical (unpaired) electrons. The molecule has 0 bridgehead atoms. The Hall–Kier alpha value is -1.28. The van der Waals surface area contributed by atoms with Crippen LogP contribution in [0.15, 0.2) is 48.2 Å². The second-order valence-corrected chi connectivity index (χ2v) is 3.82. The fourth-order valence-corrected chi connectivity index (χ4v) is 2.11. The summed E-state index contributed by atoms with van der Waals surface area (Å²) in [6.07, 6.45) is 16.2. The van der Waals surface area contributed by atoms with Gasteiger partial charge in [0.25, 0.3) is 0 Å². The van der Waals surface area contributed by atoms with Crippen molar-refractivity contribution in [1.82, 2.24) is 5.32 Å². The van der Waals surface area contributed by atoms with Crippen molar-refractivity contribution in [3.8, 4) is 0 Å². The Morgan fingerprint density at radius 2 is 2.14 bits per heavy atom. The summed E-state index contributed by atoms with van der Waals surface area (Å²) in [6, 6.07) is 0.314. The Kier molecular flexibility index (Phi) is 1.81. The predicted octanol–water partition coefficient (Wildman–Crippen LogP) is 1.68. The monoisotopic (exact) mass is 187 g/mol. The molecule has 3 unspecified atom stereocenters. The molecule has 1 heterocycles. The lowest BCUT2D eigenvalue weighted by atomic mass is 9.98. The molecular weight excluding hydrogens is 174 g/mol. The SMILES string of the molecule is C1=CCC2OC3C=CC=CC3NC2=C1. The first-order valence-corrected chi connectivity index (χ1v) is 5.07. The Balaban J connectivity index is 1.86. The molecule has 0 aromatic carbocycles. The average Bonchev–Trinajstić information content (AvgIpc) is 2.26. The lowest BCUT2D eigenvalue weighted by Crippen LogP contribution is -2.50. The summed E-state index contributed by atoms with van der Waals surface area (Å²) < 4.78 is 5.97. The Bertz CT molecular complexity index is 351. The molecule has 14 heavy (non-hydrogen) atoms.